The summed E-state index contributed by atoms with van der Waals surface area (Å²) in [7, 11) is 0. The molecule has 5 nitrogen and oxygen atoms in total. The molecule has 0 radical (unpaired) electrons. The predicted molar refractivity (Wildman–Crippen MR) is 117 cm³/mol. The molecule has 2 heterocycles. The Kier molecular flexibility index (Phi) is 5.27. The van der Waals surface area contributed by atoms with Crippen LogP contribution in [0.1, 0.15) is 21.5 Å². The highest BCUT2D eigenvalue weighted by molar-refractivity contribution is 9.10. The minimum atomic E-state index is -0.335. The number of halogens is 1. The first-order chi connectivity index (χ1) is 14.0. The van der Waals surface area contributed by atoms with Crippen LogP contribution in [0.4, 0.5) is 11.5 Å². The van der Waals surface area contributed by atoms with Crippen molar-refractivity contribution in [1.29, 1.82) is 0 Å². The number of fused-ring (bicyclic) bond motifs is 1. The molecule has 0 spiro atoms. The number of hydrogen-bond acceptors (Lipinski definition) is 4. The highest BCUT2D eigenvalue weighted by atomic mass is 79.9. The van der Waals surface area contributed by atoms with Crippen LogP contribution in [0.5, 0.6) is 0 Å². The van der Waals surface area contributed by atoms with Crippen molar-refractivity contribution < 1.29 is 9.21 Å². The molecule has 0 aliphatic carbocycles. The van der Waals surface area contributed by atoms with Crippen molar-refractivity contribution in [2.24, 2.45) is 4.99 Å². The molecule has 4 rings (SSSR count). The molecule has 0 bridgehead atoms. The van der Waals surface area contributed by atoms with Crippen molar-refractivity contribution in [2.75, 3.05) is 5.32 Å². The Morgan fingerprint density at radius 2 is 1.93 bits per heavy atom. The molecule has 29 heavy (non-hydrogen) atoms. The van der Waals surface area contributed by atoms with Gasteiger partial charge in [-0.1, -0.05) is 34.1 Å². The molecule has 0 unspecified atom stereocenters. The van der Waals surface area contributed by atoms with Gasteiger partial charge in [-0.05, 0) is 67.4 Å². The van der Waals surface area contributed by atoms with Crippen molar-refractivity contribution in [3.8, 4) is 0 Å². The zero-order valence-corrected chi connectivity index (χ0v) is 17.5. The van der Waals surface area contributed by atoms with Crippen molar-refractivity contribution in [2.45, 2.75) is 13.8 Å². The van der Waals surface area contributed by atoms with E-state index >= 15 is 0 Å². The van der Waals surface area contributed by atoms with Crippen LogP contribution in [0.15, 0.2) is 80.7 Å². The van der Waals surface area contributed by atoms with E-state index < -0.39 is 0 Å². The lowest BCUT2D eigenvalue weighted by atomic mass is 10.1. The van der Waals surface area contributed by atoms with Crippen LogP contribution >= 0.6 is 15.9 Å². The van der Waals surface area contributed by atoms with Crippen LogP contribution in [0, 0.1) is 13.8 Å². The molecular formula is C23H18BrN3O2. The van der Waals surface area contributed by atoms with E-state index in [9.17, 15) is 4.79 Å². The van der Waals surface area contributed by atoms with E-state index in [-0.39, 0.29) is 11.5 Å². The summed E-state index contributed by atoms with van der Waals surface area (Å²) >= 11 is 3.46. The molecule has 144 valence electrons. The van der Waals surface area contributed by atoms with Crippen LogP contribution in [-0.4, -0.2) is 10.9 Å². The van der Waals surface area contributed by atoms with Gasteiger partial charge in [0.2, 0.25) is 5.55 Å². The second kappa shape index (κ2) is 8.01. The number of aryl methyl sites for hydroxylation is 2. The third-order valence-corrected chi connectivity index (χ3v) is 4.94. The van der Waals surface area contributed by atoms with Gasteiger partial charge < -0.3 is 9.73 Å². The standard InChI is InChI=1S/C23H18BrN3O2/c1-14-6-7-15(2)19(11-14)26-23-18(22(28)27-21-5-3-4-10-25-21)13-16-12-17(24)8-9-20(16)29-23/h3-13H,1-2H3,(H,25,27,28). The number of aromatic nitrogens is 1. The van der Waals surface area contributed by atoms with Gasteiger partial charge in [0.15, 0.2) is 0 Å². The van der Waals surface area contributed by atoms with Crippen molar-refractivity contribution in [3.63, 3.8) is 0 Å². The van der Waals surface area contributed by atoms with Gasteiger partial charge in [0.05, 0.1) is 5.69 Å². The van der Waals surface area contributed by atoms with Crippen molar-refractivity contribution >= 4 is 44.3 Å². The number of pyridine rings is 1. The average molecular weight is 448 g/mol. The highest BCUT2D eigenvalue weighted by Gasteiger charge is 2.14. The van der Waals surface area contributed by atoms with Crippen LogP contribution < -0.4 is 10.9 Å². The van der Waals surface area contributed by atoms with E-state index in [0.29, 0.717) is 17.0 Å². The summed E-state index contributed by atoms with van der Waals surface area (Å²) < 4.78 is 6.94. The molecule has 6 heteroatoms. The number of benzene rings is 2. The lowest BCUT2D eigenvalue weighted by Gasteiger charge is -2.07. The third-order valence-electron chi connectivity index (χ3n) is 4.45. The molecule has 0 aliphatic heterocycles. The average Bonchev–Trinajstić information content (AvgIpc) is 2.71. The van der Waals surface area contributed by atoms with Crippen LogP contribution in [0.2, 0.25) is 0 Å². The summed E-state index contributed by atoms with van der Waals surface area (Å²) in [5, 5.41) is 3.60. The first-order valence-electron chi connectivity index (χ1n) is 9.07. The Balaban J connectivity index is 1.90. The molecule has 4 aromatic rings. The zero-order valence-electron chi connectivity index (χ0n) is 15.9. The molecule has 0 saturated heterocycles. The molecule has 2 aromatic carbocycles. The summed E-state index contributed by atoms with van der Waals surface area (Å²) in [6.45, 7) is 3.98. The fraction of sp³-hybridized carbons (Fsp3) is 0.0870. The maximum Gasteiger partial charge on any atom is 0.262 e. The minimum absolute atomic E-state index is 0.252. The molecule has 1 N–H and O–H groups in total. The Morgan fingerprint density at radius 1 is 1.07 bits per heavy atom. The zero-order chi connectivity index (χ0) is 20.4. The summed E-state index contributed by atoms with van der Waals surface area (Å²) in [6, 6.07) is 18.8. The number of anilines is 1. The van der Waals surface area contributed by atoms with Crippen molar-refractivity contribution in [3.05, 3.63) is 93.6 Å². The Labute approximate surface area is 176 Å². The minimum Gasteiger partial charge on any atom is -0.438 e. The number of hydrogen-bond donors (Lipinski definition) is 1. The maximum atomic E-state index is 13.0. The third kappa shape index (κ3) is 4.27. The molecule has 0 saturated carbocycles. The SMILES string of the molecule is Cc1ccc(C)c(N=c2oc3ccc(Br)cc3cc2C(=O)Nc2ccccn2)c1. The second-order valence-corrected chi connectivity index (χ2v) is 7.63. The van der Waals surface area contributed by atoms with Crippen LogP contribution in [0.25, 0.3) is 11.0 Å². The fourth-order valence-electron chi connectivity index (χ4n) is 2.92. The normalized spacial score (nSPS) is 11.6. The maximum absolute atomic E-state index is 13.0. The highest BCUT2D eigenvalue weighted by Crippen LogP contribution is 2.22. The van der Waals surface area contributed by atoms with E-state index in [1.54, 1.807) is 24.4 Å². The lowest BCUT2D eigenvalue weighted by Crippen LogP contribution is -2.22. The van der Waals surface area contributed by atoms with E-state index in [1.165, 1.54) is 0 Å². The summed E-state index contributed by atoms with van der Waals surface area (Å²) in [5.74, 6) is 0.128. The van der Waals surface area contributed by atoms with Gasteiger partial charge in [0.25, 0.3) is 5.91 Å². The first kappa shape index (κ1) is 19.1. The lowest BCUT2D eigenvalue weighted by molar-refractivity contribution is 0.102. The van der Waals surface area contributed by atoms with Gasteiger partial charge in [0, 0.05) is 16.1 Å². The van der Waals surface area contributed by atoms with Crippen molar-refractivity contribution in [1.82, 2.24) is 4.98 Å². The topological polar surface area (TPSA) is 67.5 Å². The smallest absolute Gasteiger partial charge is 0.262 e. The first-order valence-corrected chi connectivity index (χ1v) is 9.87. The number of nitrogens with one attached hydrogen (secondary N) is 1. The number of nitrogens with zero attached hydrogens (tertiary/aromatic N) is 2. The van der Waals surface area contributed by atoms with E-state index in [2.05, 4.69) is 31.2 Å². The number of rotatable bonds is 3. The quantitative estimate of drug-likeness (QED) is 0.438. The molecule has 0 atom stereocenters. The molecule has 1 amide bonds. The Morgan fingerprint density at radius 3 is 2.72 bits per heavy atom. The number of amides is 1. The second-order valence-electron chi connectivity index (χ2n) is 6.72. The Hall–Kier alpha value is -3.25. The monoisotopic (exact) mass is 447 g/mol. The van der Waals surface area contributed by atoms with Gasteiger partial charge in [-0.25, -0.2) is 9.98 Å². The summed E-state index contributed by atoms with van der Waals surface area (Å²) in [6.07, 6.45) is 1.62. The van der Waals surface area contributed by atoms with Gasteiger partial charge in [0.1, 0.15) is 17.0 Å². The largest absolute Gasteiger partial charge is 0.438 e. The van der Waals surface area contributed by atoms with Gasteiger partial charge in [-0.15, -0.1) is 0 Å². The van der Waals surface area contributed by atoms with Gasteiger partial charge in [-0.2, -0.15) is 0 Å². The van der Waals surface area contributed by atoms with E-state index in [0.717, 1.165) is 26.7 Å². The molecule has 0 fully saturated rings. The summed E-state index contributed by atoms with van der Waals surface area (Å²) in [4.78, 5) is 21.9. The fourth-order valence-corrected chi connectivity index (χ4v) is 3.30. The van der Waals surface area contributed by atoms with Gasteiger partial charge >= 0.3 is 0 Å². The predicted octanol–water partition coefficient (Wildman–Crippen LogP) is 5.69. The van der Waals surface area contributed by atoms with E-state index in [4.69, 9.17) is 4.42 Å². The molecular weight excluding hydrogens is 430 g/mol. The molecule has 0 aliphatic rings. The van der Waals surface area contributed by atoms with Crippen LogP contribution in [-0.2, 0) is 0 Å². The molecule has 2 aromatic heterocycles. The summed E-state index contributed by atoms with van der Waals surface area (Å²) in [5.41, 5.74) is 4.07. The van der Waals surface area contributed by atoms with Gasteiger partial charge in [-0.3, -0.25) is 4.79 Å². The van der Waals surface area contributed by atoms with E-state index in [1.807, 2.05) is 56.3 Å². The van der Waals surface area contributed by atoms with Crippen LogP contribution in [0.3, 0.4) is 0 Å². The number of carbonyl (C=O) groups is 1. The Bertz CT molecular complexity index is 1280. The number of carbonyl (C=O) groups excluding carboxylic acids is 1.